The second-order valence-corrected chi connectivity index (χ2v) is 6.81. The summed E-state index contributed by atoms with van der Waals surface area (Å²) in [6, 6.07) is 3.55. The molecule has 146 valence electrons. The number of aromatic nitrogens is 1. The van der Waals surface area contributed by atoms with E-state index < -0.39 is 5.97 Å². The van der Waals surface area contributed by atoms with Crippen molar-refractivity contribution >= 4 is 40.3 Å². The van der Waals surface area contributed by atoms with Crippen LogP contribution in [0.25, 0.3) is 0 Å². The zero-order valence-electron chi connectivity index (χ0n) is 15.7. The highest BCUT2D eigenvalue weighted by Crippen LogP contribution is 2.36. The molecule has 1 aromatic heterocycles. The van der Waals surface area contributed by atoms with E-state index in [1.165, 1.54) is 18.4 Å². The number of halogens is 1. The molecule has 2 rings (SSSR count). The van der Waals surface area contributed by atoms with Crippen LogP contribution >= 0.6 is 22.9 Å². The maximum absolute atomic E-state index is 11.6. The number of methoxy groups -OCH3 is 1. The Hall–Kier alpha value is -2.32. The van der Waals surface area contributed by atoms with Crippen LogP contribution < -0.4 is 14.9 Å². The van der Waals surface area contributed by atoms with Crippen molar-refractivity contribution in [3.05, 3.63) is 33.3 Å². The van der Waals surface area contributed by atoms with E-state index in [0.717, 1.165) is 12.0 Å². The number of carbonyl (C=O) groups is 1. The van der Waals surface area contributed by atoms with Gasteiger partial charge in [0.05, 0.1) is 37.3 Å². The molecule has 1 N–H and O–H groups in total. The summed E-state index contributed by atoms with van der Waals surface area (Å²) in [6.07, 6.45) is 2.46. The zero-order valence-corrected chi connectivity index (χ0v) is 17.2. The van der Waals surface area contributed by atoms with Crippen LogP contribution in [0.4, 0.5) is 5.13 Å². The Morgan fingerprint density at radius 3 is 2.81 bits per heavy atom. The number of nitrogens with zero attached hydrogens (tertiary/aromatic N) is 2. The lowest BCUT2D eigenvalue weighted by molar-refractivity contribution is 0.0605. The minimum Gasteiger partial charge on any atom is -0.490 e. The van der Waals surface area contributed by atoms with E-state index in [-0.39, 0.29) is 0 Å². The summed E-state index contributed by atoms with van der Waals surface area (Å²) >= 11 is 7.50. The predicted molar refractivity (Wildman–Crippen MR) is 108 cm³/mol. The van der Waals surface area contributed by atoms with E-state index in [2.05, 4.69) is 15.5 Å². The molecule has 0 bridgehead atoms. The summed E-state index contributed by atoms with van der Waals surface area (Å²) in [5.41, 5.74) is 4.13. The van der Waals surface area contributed by atoms with Gasteiger partial charge in [-0.15, -0.1) is 0 Å². The summed E-state index contributed by atoms with van der Waals surface area (Å²) in [4.78, 5) is 16.3. The number of hydrogen-bond donors (Lipinski definition) is 1. The molecule has 0 amide bonds. The molecule has 0 fully saturated rings. The van der Waals surface area contributed by atoms with Crippen molar-refractivity contribution in [2.24, 2.45) is 5.10 Å². The first kappa shape index (κ1) is 21.0. The van der Waals surface area contributed by atoms with Gasteiger partial charge in [-0.25, -0.2) is 9.78 Å². The summed E-state index contributed by atoms with van der Waals surface area (Å²) in [7, 11) is 1.33. The van der Waals surface area contributed by atoms with E-state index in [4.69, 9.17) is 25.8 Å². The molecule has 0 aliphatic heterocycles. The van der Waals surface area contributed by atoms with Gasteiger partial charge in [-0.2, -0.15) is 5.10 Å². The van der Waals surface area contributed by atoms with E-state index in [0.29, 0.717) is 45.4 Å². The molecule has 2 aromatic rings. The van der Waals surface area contributed by atoms with Crippen molar-refractivity contribution in [2.75, 3.05) is 25.7 Å². The second-order valence-electron chi connectivity index (χ2n) is 5.41. The van der Waals surface area contributed by atoms with Gasteiger partial charge < -0.3 is 14.2 Å². The van der Waals surface area contributed by atoms with Gasteiger partial charge >= 0.3 is 5.97 Å². The lowest BCUT2D eigenvalue weighted by atomic mass is 10.2. The third-order valence-corrected chi connectivity index (χ3v) is 4.65. The first-order valence-corrected chi connectivity index (χ1v) is 9.63. The average molecular weight is 412 g/mol. The molecule has 0 saturated carbocycles. The third-order valence-electron chi connectivity index (χ3n) is 3.32. The first-order valence-electron chi connectivity index (χ1n) is 8.44. The fourth-order valence-corrected chi connectivity index (χ4v) is 3.27. The highest BCUT2D eigenvalue weighted by atomic mass is 35.5. The zero-order chi connectivity index (χ0) is 19.8. The predicted octanol–water partition coefficient (Wildman–Crippen LogP) is 4.53. The number of hydrazone groups is 1. The van der Waals surface area contributed by atoms with Crippen LogP contribution in [-0.2, 0) is 4.74 Å². The van der Waals surface area contributed by atoms with Crippen LogP contribution in [-0.4, -0.2) is 37.5 Å². The quantitative estimate of drug-likeness (QED) is 0.371. The maximum atomic E-state index is 11.6. The number of thiazole rings is 1. The molecule has 0 aliphatic rings. The van der Waals surface area contributed by atoms with Crippen molar-refractivity contribution < 1.29 is 19.0 Å². The van der Waals surface area contributed by atoms with Crippen LogP contribution in [0.1, 0.15) is 41.2 Å². The van der Waals surface area contributed by atoms with E-state index in [9.17, 15) is 4.79 Å². The lowest BCUT2D eigenvalue weighted by Crippen LogP contribution is -2.02. The summed E-state index contributed by atoms with van der Waals surface area (Å²) in [5, 5.41) is 5.09. The molecule has 0 radical (unpaired) electrons. The van der Waals surface area contributed by atoms with Gasteiger partial charge in [0.25, 0.3) is 0 Å². The Morgan fingerprint density at radius 2 is 2.15 bits per heavy atom. The smallest absolute Gasteiger partial charge is 0.350 e. The molecule has 0 saturated heterocycles. The van der Waals surface area contributed by atoms with Crippen LogP contribution in [0, 0.1) is 6.92 Å². The van der Waals surface area contributed by atoms with Crippen LogP contribution in [0.15, 0.2) is 17.2 Å². The van der Waals surface area contributed by atoms with Crippen LogP contribution in [0.5, 0.6) is 11.5 Å². The second kappa shape index (κ2) is 10.1. The Kier molecular flexibility index (Phi) is 7.87. The molecule has 0 unspecified atom stereocenters. The number of carbonyl (C=O) groups excluding carboxylic acids is 1. The number of esters is 1. The van der Waals surface area contributed by atoms with Gasteiger partial charge in [0.1, 0.15) is 4.88 Å². The number of benzene rings is 1. The van der Waals surface area contributed by atoms with Crippen molar-refractivity contribution in [3.8, 4) is 11.5 Å². The molecule has 0 spiro atoms. The van der Waals surface area contributed by atoms with Gasteiger partial charge in [-0.05, 0) is 38.0 Å². The van der Waals surface area contributed by atoms with Crippen molar-refractivity contribution in [1.29, 1.82) is 0 Å². The number of rotatable bonds is 9. The van der Waals surface area contributed by atoms with Gasteiger partial charge in [0, 0.05) is 0 Å². The number of anilines is 1. The molecule has 0 aliphatic carbocycles. The largest absolute Gasteiger partial charge is 0.490 e. The van der Waals surface area contributed by atoms with E-state index in [1.54, 1.807) is 25.3 Å². The fourth-order valence-electron chi connectivity index (χ4n) is 2.16. The van der Waals surface area contributed by atoms with Gasteiger partial charge in [-0.1, -0.05) is 29.9 Å². The van der Waals surface area contributed by atoms with Crippen molar-refractivity contribution in [2.45, 2.75) is 27.2 Å². The van der Waals surface area contributed by atoms with Crippen molar-refractivity contribution in [3.63, 3.8) is 0 Å². The first-order chi connectivity index (χ1) is 13.0. The summed E-state index contributed by atoms with van der Waals surface area (Å²) < 4.78 is 16.0. The van der Waals surface area contributed by atoms with Gasteiger partial charge in [0.2, 0.25) is 5.13 Å². The molecule has 1 aromatic carbocycles. The fraction of sp³-hybridized carbons (Fsp3) is 0.389. The third kappa shape index (κ3) is 5.58. The minimum absolute atomic E-state index is 0.419. The van der Waals surface area contributed by atoms with Crippen LogP contribution in [0.2, 0.25) is 5.02 Å². The molecule has 27 heavy (non-hydrogen) atoms. The molecular formula is C18H22ClN3O4S. The average Bonchev–Trinajstić information content (AvgIpc) is 3.01. The summed E-state index contributed by atoms with van der Waals surface area (Å²) in [5.74, 6) is 0.680. The Morgan fingerprint density at radius 1 is 1.37 bits per heavy atom. The Labute approximate surface area is 167 Å². The molecule has 7 nitrogen and oxygen atoms in total. The van der Waals surface area contributed by atoms with E-state index >= 15 is 0 Å². The number of aryl methyl sites for hydroxylation is 1. The number of nitrogens with one attached hydrogen (secondary N) is 1. The van der Waals surface area contributed by atoms with Crippen molar-refractivity contribution in [1.82, 2.24) is 4.98 Å². The number of hydrogen-bond acceptors (Lipinski definition) is 8. The monoisotopic (exact) mass is 411 g/mol. The molecule has 0 atom stereocenters. The van der Waals surface area contributed by atoms with Crippen LogP contribution in [0.3, 0.4) is 0 Å². The SMILES string of the molecule is CCCOc1c(Cl)cc(/C=N\Nc2nc(C)c(C(=O)OC)s2)cc1OCC. The minimum atomic E-state index is -0.419. The normalized spacial score (nSPS) is 10.9. The van der Waals surface area contributed by atoms with Gasteiger partial charge in [-0.3, -0.25) is 5.43 Å². The van der Waals surface area contributed by atoms with E-state index in [1.807, 2.05) is 13.8 Å². The Balaban J connectivity index is 2.15. The topological polar surface area (TPSA) is 82.0 Å². The highest BCUT2D eigenvalue weighted by Gasteiger charge is 2.15. The number of ether oxygens (including phenoxy) is 3. The maximum Gasteiger partial charge on any atom is 0.350 e. The lowest BCUT2D eigenvalue weighted by Gasteiger charge is -2.13. The summed E-state index contributed by atoms with van der Waals surface area (Å²) in [6.45, 7) is 6.70. The highest BCUT2D eigenvalue weighted by molar-refractivity contribution is 7.17. The molecule has 9 heteroatoms. The van der Waals surface area contributed by atoms with Gasteiger partial charge in [0.15, 0.2) is 11.5 Å². The molecule has 1 heterocycles. The molecular weight excluding hydrogens is 390 g/mol. The standard InChI is InChI=1S/C18H22ClN3O4S/c1-5-7-26-15-13(19)8-12(9-14(15)25-6-2)10-20-22-18-21-11(3)16(27-18)17(23)24-4/h8-10H,5-7H2,1-4H3,(H,21,22)/b20-10-. The Bertz CT molecular complexity index is 823.